The summed E-state index contributed by atoms with van der Waals surface area (Å²) >= 11 is 0. The first-order valence-corrected chi connectivity index (χ1v) is 14.5. The van der Waals surface area contributed by atoms with Gasteiger partial charge in [0.25, 0.3) is 22.7 Å². The topological polar surface area (TPSA) is 190 Å². The summed E-state index contributed by atoms with van der Waals surface area (Å²) < 4.78 is 0. The summed E-state index contributed by atoms with van der Waals surface area (Å²) in [5, 5.41) is 8.99. The highest BCUT2D eigenvalue weighted by atomic mass is 16.7. The Bertz CT molecular complexity index is 2010. The third-order valence-electron chi connectivity index (χ3n) is 8.44. The molecule has 1 aromatic heterocycles. The lowest BCUT2D eigenvalue weighted by Crippen LogP contribution is -2.37. The zero-order chi connectivity index (χ0) is 31.2. The number of hydrogen-bond donors (Lipinski definition) is 5. The van der Waals surface area contributed by atoms with Crippen molar-refractivity contribution in [3.8, 4) is 0 Å². The first kappa shape index (κ1) is 28.0. The van der Waals surface area contributed by atoms with Gasteiger partial charge in [0.2, 0.25) is 5.88 Å². The molecule has 3 aromatic carbocycles. The minimum atomic E-state index is -0.660. The maximum Gasteiger partial charge on any atom is 0.270 e. The number of rotatable bonds is 8. The Morgan fingerprint density at radius 2 is 1.71 bits per heavy atom. The van der Waals surface area contributed by atoms with Crippen LogP contribution in [-0.2, 0) is 24.2 Å². The molecule has 0 spiro atoms. The third kappa shape index (κ3) is 5.18. The number of nitrogens with two attached hydrogens (primary N) is 1. The zero-order valence-electron chi connectivity index (χ0n) is 24.0. The number of fused-ring (bicyclic) bond motifs is 2. The smallest absolute Gasteiger partial charge is 0.270 e. The van der Waals surface area contributed by atoms with Gasteiger partial charge in [-0.2, -0.15) is 4.99 Å². The van der Waals surface area contributed by atoms with Gasteiger partial charge in [0.1, 0.15) is 29.1 Å². The average Bonchev–Trinajstić information content (AvgIpc) is 3.80. The van der Waals surface area contributed by atoms with Crippen molar-refractivity contribution in [2.75, 3.05) is 11.1 Å². The van der Waals surface area contributed by atoms with Crippen molar-refractivity contribution in [1.29, 1.82) is 0 Å². The molecule has 2 amide bonds. The molecule has 7 rings (SSSR count). The van der Waals surface area contributed by atoms with Crippen molar-refractivity contribution in [2.24, 2.45) is 4.99 Å². The molecule has 3 aliphatic rings. The van der Waals surface area contributed by atoms with Crippen LogP contribution in [0, 0.1) is 0 Å². The van der Waals surface area contributed by atoms with Crippen molar-refractivity contribution < 1.29 is 14.4 Å². The lowest BCUT2D eigenvalue weighted by atomic mass is 10.0. The van der Waals surface area contributed by atoms with Crippen molar-refractivity contribution in [1.82, 2.24) is 26.1 Å². The minimum absolute atomic E-state index is 0.0346. The first-order valence-electron chi connectivity index (χ1n) is 14.5. The Hall–Kier alpha value is -5.85. The van der Waals surface area contributed by atoms with Crippen LogP contribution in [0.1, 0.15) is 79.3 Å². The molecule has 2 heterocycles. The highest BCUT2D eigenvalue weighted by molar-refractivity contribution is 6.00. The van der Waals surface area contributed by atoms with Crippen LogP contribution in [0.4, 0.5) is 11.4 Å². The highest BCUT2D eigenvalue weighted by Gasteiger charge is 2.28. The van der Waals surface area contributed by atoms with Gasteiger partial charge in [-0.05, 0) is 66.1 Å². The second kappa shape index (κ2) is 11.0. The number of nitrogens with zero attached hydrogens (tertiary/aromatic N) is 3. The number of carbonyl (C=O) groups excluding carboxylic acids is 2. The largest absolute Gasteiger partial charge is 0.394 e. The van der Waals surface area contributed by atoms with E-state index in [9.17, 15) is 19.2 Å². The fourth-order valence-electron chi connectivity index (χ4n) is 6.06. The number of benzene rings is 2. The van der Waals surface area contributed by atoms with Gasteiger partial charge < -0.3 is 26.5 Å². The highest BCUT2D eigenvalue weighted by Crippen LogP contribution is 2.35. The second-order valence-electron chi connectivity index (χ2n) is 11.2. The van der Waals surface area contributed by atoms with E-state index in [1.807, 2.05) is 36.4 Å². The Morgan fingerprint density at radius 1 is 0.933 bits per heavy atom. The number of aryl methyl sites for hydroxylation is 2. The number of hydrogen-bond acceptors (Lipinski definition) is 11. The Morgan fingerprint density at radius 3 is 2.49 bits per heavy atom. The van der Waals surface area contributed by atoms with Crippen LogP contribution in [0.2, 0.25) is 0 Å². The van der Waals surface area contributed by atoms with Gasteiger partial charge in [-0.25, -0.2) is 15.4 Å². The molecule has 13 heteroatoms. The molecule has 226 valence electrons. The van der Waals surface area contributed by atoms with Gasteiger partial charge >= 0.3 is 0 Å². The summed E-state index contributed by atoms with van der Waals surface area (Å²) in [5.74, 6) is 0.0290. The van der Waals surface area contributed by atoms with E-state index < -0.39 is 22.7 Å². The summed E-state index contributed by atoms with van der Waals surface area (Å²) in [6.07, 6.45) is 4.27. The molecule has 0 fully saturated rings. The summed E-state index contributed by atoms with van der Waals surface area (Å²) in [4.78, 5) is 67.0. The van der Waals surface area contributed by atoms with E-state index in [0.29, 0.717) is 11.7 Å². The monoisotopic (exact) mass is 604 g/mol. The Labute approximate surface area is 256 Å². The molecule has 45 heavy (non-hydrogen) atoms. The molecule has 4 aromatic rings. The maximum atomic E-state index is 13.1. The predicted octanol–water partition coefficient (Wildman–Crippen LogP) is 1.85. The molecule has 6 N–H and O–H groups in total. The van der Waals surface area contributed by atoms with Gasteiger partial charge in [-0.3, -0.25) is 19.2 Å². The van der Waals surface area contributed by atoms with Crippen LogP contribution in [0.3, 0.4) is 0 Å². The van der Waals surface area contributed by atoms with Crippen LogP contribution >= 0.6 is 0 Å². The van der Waals surface area contributed by atoms with E-state index in [2.05, 4.69) is 43.0 Å². The normalized spacial score (nSPS) is 18.0. The lowest BCUT2D eigenvalue weighted by Gasteiger charge is -2.18. The number of carbonyl (C=O) groups is 2. The van der Waals surface area contributed by atoms with Crippen molar-refractivity contribution >= 4 is 29.0 Å². The molecule has 0 saturated carbocycles. The van der Waals surface area contributed by atoms with Crippen molar-refractivity contribution in [3.63, 3.8) is 0 Å². The van der Waals surface area contributed by atoms with Crippen LogP contribution < -0.4 is 38.0 Å². The van der Waals surface area contributed by atoms with Crippen LogP contribution in [0.15, 0.2) is 75.8 Å². The van der Waals surface area contributed by atoms with E-state index in [4.69, 9.17) is 10.6 Å². The summed E-state index contributed by atoms with van der Waals surface area (Å²) in [6, 6.07) is 12.8. The number of anilines is 2. The van der Waals surface area contributed by atoms with Crippen molar-refractivity contribution in [3.05, 3.63) is 126 Å². The van der Waals surface area contributed by atoms with Gasteiger partial charge in [0, 0.05) is 18.2 Å². The second-order valence-corrected chi connectivity index (χ2v) is 11.2. The van der Waals surface area contributed by atoms with Gasteiger partial charge in [-0.1, -0.05) is 30.3 Å². The standard InChI is InChI=1S/C32H28N8O5/c1-15-37-30(40-45-15)19-4-7-20-18(11-19)6-9-22(20)39-32(44)25-12-24(35-14-36-25)31(43)34-13-16-2-3-17-5-8-23(21(17)10-16)38-27-26(33)28(41)29(27)42/h2-4,7,10-12,14,22-23,38H,1,5-6,8-9,13,33H2,(H,34,43)(H,37,40)(H,39,44)/t22-,23?/m0/s1. The molecule has 13 nitrogen and oxygen atoms in total. The maximum absolute atomic E-state index is 13.1. The van der Waals surface area contributed by atoms with E-state index in [-0.39, 0.29) is 41.4 Å². The quantitative estimate of drug-likeness (QED) is 0.186. The number of hydroxylamine groups is 1. The SMILES string of the molecule is C=C1N=C(c2ccc3c(c2)CC[C@@H]3NC(=O)c2cc(C(=O)NCc3ccc4c(c3)C(Nc3c(N)c(=O)c3=O)CC4)ncn2)NO1. The lowest BCUT2D eigenvalue weighted by molar-refractivity contribution is 0.0931. The van der Waals surface area contributed by atoms with Gasteiger partial charge in [0.15, 0.2) is 5.84 Å². The van der Waals surface area contributed by atoms with E-state index in [0.717, 1.165) is 59.1 Å². The molecule has 2 atom stereocenters. The third-order valence-corrected chi connectivity index (χ3v) is 8.44. The molecule has 2 aliphatic carbocycles. The zero-order valence-corrected chi connectivity index (χ0v) is 24.0. The fourth-order valence-corrected chi connectivity index (χ4v) is 6.06. The number of aliphatic imine (C=N–C) groups is 1. The van der Waals surface area contributed by atoms with Gasteiger partial charge in [-0.15, -0.1) is 0 Å². The number of nitrogens with one attached hydrogen (secondary N) is 4. The molecule has 0 saturated heterocycles. The molecule has 1 unspecified atom stereocenters. The van der Waals surface area contributed by atoms with Gasteiger partial charge in [0.05, 0.1) is 12.1 Å². The fraction of sp³-hybridized carbons (Fsp3) is 0.219. The summed E-state index contributed by atoms with van der Waals surface area (Å²) in [5.41, 5.74) is 13.4. The first-order chi connectivity index (χ1) is 21.7. The van der Waals surface area contributed by atoms with Crippen LogP contribution in [0.5, 0.6) is 0 Å². The average molecular weight is 605 g/mol. The Balaban J connectivity index is 0.981. The number of amidine groups is 1. The molecule has 0 bridgehead atoms. The summed E-state index contributed by atoms with van der Waals surface area (Å²) in [6.45, 7) is 3.89. The number of amides is 2. The van der Waals surface area contributed by atoms with Crippen molar-refractivity contribution in [2.45, 2.75) is 44.3 Å². The van der Waals surface area contributed by atoms with Crippen LogP contribution in [0.25, 0.3) is 0 Å². The minimum Gasteiger partial charge on any atom is -0.394 e. The molecular formula is C32H28N8O5. The van der Waals surface area contributed by atoms with E-state index >= 15 is 0 Å². The van der Waals surface area contributed by atoms with E-state index in [1.54, 1.807) is 0 Å². The predicted molar refractivity (Wildman–Crippen MR) is 165 cm³/mol. The summed E-state index contributed by atoms with van der Waals surface area (Å²) in [7, 11) is 0. The molecule has 0 radical (unpaired) electrons. The molecular weight excluding hydrogens is 576 g/mol. The number of nitrogen functional groups attached to an aromatic ring is 1. The van der Waals surface area contributed by atoms with E-state index in [1.165, 1.54) is 12.4 Å². The molecule has 1 aliphatic heterocycles. The number of aromatic nitrogens is 2. The Kier molecular flexibility index (Phi) is 6.84. The van der Waals surface area contributed by atoms with Crippen LogP contribution in [-0.4, -0.2) is 27.6 Å².